The highest BCUT2D eigenvalue weighted by molar-refractivity contribution is 6.53. The Labute approximate surface area is 182 Å². The lowest BCUT2D eigenvalue weighted by molar-refractivity contribution is 0.123. The summed E-state index contributed by atoms with van der Waals surface area (Å²) in [5, 5.41) is 10.7. The Morgan fingerprint density at radius 3 is 2.10 bits per heavy atom. The third-order valence-corrected chi connectivity index (χ3v) is 7.21. The van der Waals surface area contributed by atoms with E-state index in [0.717, 1.165) is 40.3 Å². The maximum absolute atomic E-state index is 6.93. The molecule has 0 saturated carbocycles. The van der Waals surface area contributed by atoms with Crippen LogP contribution in [-0.4, -0.2) is 26.3 Å². The minimum absolute atomic E-state index is 0.519. The zero-order chi connectivity index (χ0) is 19.7. The SMILES string of the molecule is Clc1c(Cl)c2c(Cl)ccc3c4cccc5cccc(c(c1N1CCOCC1)c23)c54. The fourth-order valence-corrected chi connectivity index (χ4v) is 5.73. The summed E-state index contributed by atoms with van der Waals surface area (Å²) in [5.41, 5.74) is 0.984. The number of anilines is 1. The molecule has 6 rings (SSSR count). The summed E-state index contributed by atoms with van der Waals surface area (Å²) >= 11 is 20.4. The van der Waals surface area contributed by atoms with Crippen molar-refractivity contribution in [2.75, 3.05) is 31.2 Å². The molecule has 0 spiro atoms. The molecule has 0 aromatic heterocycles. The molecule has 0 amide bonds. The smallest absolute Gasteiger partial charge is 0.0839 e. The van der Waals surface area contributed by atoms with Crippen molar-refractivity contribution in [1.29, 1.82) is 0 Å². The predicted octanol–water partition coefficient (Wildman–Crippen LogP) is 7.53. The maximum Gasteiger partial charge on any atom is 0.0839 e. The van der Waals surface area contributed by atoms with Crippen molar-refractivity contribution in [2.45, 2.75) is 0 Å². The first-order valence-electron chi connectivity index (χ1n) is 9.65. The zero-order valence-electron chi connectivity index (χ0n) is 15.4. The van der Waals surface area contributed by atoms with Gasteiger partial charge in [0.1, 0.15) is 0 Å². The largest absolute Gasteiger partial charge is 0.378 e. The van der Waals surface area contributed by atoms with Gasteiger partial charge in [-0.1, -0.05) is 77.3 Å². The molecule has 5 aromatic carbocycles. The summed E-state index contributed by atoms with van der Waals surface area (Å²) < 4.78 is 5.58. The van der Waals surface area contributed by atoms with Crippen LogP contribution in [0.15, 0.2) is 48.5 Å². The van der Waals surface area contributed by atoms with Crippen LogP contribution < -0.4 is 4.90 Å². The standard InChI is InChI=1S/C24H16Cl3NO/c25-17-8-7-15-14-5-1-3-13-4-2-6-16(18(13)14)20-19(15)21(17)22(26)23(27)24(20)28-9-11-29-12-10-28/h1-8H,9-12H2. The molecule has 0 unspecified atom stereocenters. The average Bonchev–Trinajstić information content (AvgIpc) is 2.75. The van der Waals surface area contributed by atoms with Gasteiger partial charge in [0.05, 0.1) is 34.0 Å². The molecule has 1 heterocycles. The second kappa shape index (κ2) is 6.52. The van der Waals surface area contributed by atoms with E-state index in [-0.39, 0.29) is 0 Å². The quantitative estimate of drug-likeness (QED) is 0.197. The number of nitrogens with zero attached hydrogens (tertiary/aromatic N) is 1. The van der Waals surface area contributed by atoms with Gasteiger partial charge in [-0.25, -0.2) is 0 Å². The molecular formula is C24H16Cl3NO. The predicted molar refractivity (Wildman–Crippen MR) is 126 cm³/mol. The van der Waals surface area contributed by atoms with Crippen molar-refractivity contribution in [3.05, 3.63) is 63.6 Å². The molecular weight excluding hydrogens is 425 g/mol. The van der Waals surface area contributed by atoms with Crippen LogP contribution in [0.4, 0.5) is 5.69 Å². The van der Waals surface area contributed by atoms with Gasteiger partial charge >= 0.3 is 0 Å². The van der Waals surface area contributed by atoms with Crippen LogP contribution in [-0.2, 0) is 4.74 Å². The normalized spacial score (nSPS) is 15.3. The molecule has 144 valence electrons. The minimum atomic E-state index is 0.519. The minimum Gasteiger partial charge on any atom is -0.378 e. The van der Waals surface area contributed by atoms with Gasteiger partial charge in [-0.3, -0.25) is 0 Å². The Morgan fingerprint density at radius 1 is 0.655 bits per heavy atom. The molecule has 0 N–H and O–H groups in total. The zero-order valence-corrected chi connectivity index (χ0v) is 17.7. The van der Waals surface area contributed by atoms with E-state index in [1.54, 1.807) is 0 Å². The van der Waals surface area contributed by atoms with Gasteiger partial charge in [-0.15, -0.1) is 0 Å². The summed E-state index contributed by atoms with van der Waals surface area (Å²) in [4.78, 5) is 2.30. The lowest BCUT2D eigenvalue weighted by atomic mass is 9.88. The van der Waals surface area contributed by atoms with Crippen molar-refractivity contribution in [1.82, 2.24) is 0 Å². The van der Waals surface area contributed by atoms with Gasteiger partial charge in [0.25, 0.3) is 0 Å². The van der Waals surface area contributed by atoms with Crippen LogP contribution in [0.25, 0.3) is 43.1 Å². The van der Waals surface area contributed by atoms with Crippen molar-refractivity contribution in [3.8, 4) is 0 Å². The van der Waals surface area contributed by atoms with Crippen LogP contribution in [0.3, 0.4) is 0 Å². The first kappa shape index (κ1) is 17.9. The Morgan fingerprint density at radius 2 is 1.34 bits per heavy atom. The summed E-state index contributed by atoms with van der Waals surface area (Å²) in [7, 11) is 0. The first-order chi connectivity index (χ1) is 14.2. The molecule has 1 aliphatic heterocycles. The highest BCUT2D eigenvalue weighted by Gasteiger charge is 2.26. The van der Waals surface area contributed by atoms with E-state index < -0.39 is 0 Å². The Balaban J connectivity index is 1.95. The molecule has 1 aliphatic rings. The Kier molecular flexibility index (Phi) is 4.01. The molecule has 0 aliphatic carbocycles. The lowest BCUT2D eigenvalue weighted by Crippen LogP contribution is -2.36. The highest BCUT2D eigenvalue weighted by atomic mass is 35.5. The summed E-state index contributed by atoms with van der Waals surface area (Å²) in [6, 6.07) is 16.9. The van der Waals surface area contributed by atoms with E-state index in [1.165, 1.54) is 21.5 Å². The van der Waals surface area contributed by atoms with E-state index in [2.05, 4.69) is 47.4 Å². The molecule has 5 heteroatoms. The van der Waals surface area contributed by atoms with E-state index in [1.807, 2.05) is 6.07 Å². The second-order valence-electron chi connectivity index (χ2n) is 7.51. The van der Waals surface area contributed by atoms with Crippen molar-refractivity contribution >= 4 is 83.6 Å². The maximum atomic E-state index is 6.93. The van der Waals surface area contributed by atoms with Crippen molar-refractivity contribution in [2.24, 2.45) is 0 Å². The van der Waals surface area contributed by atoms with Crippen LogP contribution in [0.2, 0.25) is 15.1 Å². The molecule has 5 aromatic rings. The Hall–Kier alpha value is -1.97. The number of rotatable bonds is 1. The second-order valence-corrected chi connectivity index (χ2v) is 8.67. The summed E-state index contributed by atoms with van der Waals surface area (Å²) in [6.07, 6.45) is 0. The first-order valence-corrected chi connectivity index (χ1v) is 10.8. The van der Waals surface area contributed by atoms with Crippen molar-refractivity contribution in [3.63, 3.8) is 0 Å². The van der Waals surface area contributed by atoms with Gasteiger partial charge in [0, 0.05) is 29.2 Å². The monoisotopic (exact) mass is 439 g/mol. The molecule has 29 heavy (non-hydrogen) atoms. The fourth-order valence-electron chi connectivity index (χ4n) is 4.84. The lowest BCUT2D eigenvalue weighted by Gasteiger charge is -2.32. The topological polar surface area (TPSA) is 12.5 Å². The molecule has 0 atom stereocenters. The number of halogens is 3. The van der Waals surface area contributed by atoms with E-state index in [9.17, 15) is 0 Å². The number of morpholine rings is 1. The van der Waals surface area contributed by atoms with E-state index in [4.69, 9.17) is 39.5 Å². The van der Waals surface area contributed by atoms with E-state index >= 15 is 0 Å². The van der Waals surface area contributed by atoms with Gasteiger partial charge < -0.3 is 9.64 Å². The third-order valence-electron chi connectivity index (χ3n) is 6.05. The van der Waals surface area contributed by atoms with Crippen LogP contribution in [0.1, 0.15) is 0 Å². The molecule has 2 nitrogen and oxygen atoms in total. The number of ether oxygens (including phenoxy) is 1. The number of fused-ring (bicyclic) bond motifs is 2. The van der Waals surface area contributed by atoms with E-state index in [0.29, 0.717) is 28.3 Å². The van der Waals surface area contributed by atoms with Gasteiger partial charge in [-0.2, -0.15) is 0 Å². The molecule has 1 saturated heterocycles. The number of hydrogen-bond donors (Lipinski definition) is 0. The van der Waals surface area contributed by atoms with Crippen LogP contribution in [0, 0.1) is 0 Å². The van der Waals surface area contributed by atoms with Gasteiger partial charge in [0.15, 0.2) is 0 Å². The van der Waals surface area contributed by atoms with Crippen LogP contribution >= 0.6 is 34.8 Å². The average molecular weight is 441 g/mol. The van der Waals surface area contributed by atoms with Crippen LogP contribution in [0.5, 0.6) is 0 Å². The highest BCUT2D eigenvalue weighted by Crippen LogP contribution is 2.51. The third kappa shape index (κ3) is 2.41. The molecule has 1 fully saturated rings. The molecule has 0 radical (unpaired) electrons. The van der Waals surface area contributed by atoms with Gasteiger partial charge in [-0.05, 0) is 33.0 Å². The number of hydrogen-bond acceptors (Lipinski definition) is 2. The summed E-state index contributed by atoms with van der Waals surface area (Å²) in [6.45, 7) is 2.91. The fraction of sp³-hybridized carbons (Fsp3) is 0.167. The Bertz CT molecular complexity index is 1420. The molecule has 0 bridgehead atoms. The number of benzene rings is 5. The summed E-state index contributed by atoms with van der Waals surface area (Å²) in [5.74, 6) is 0. The van der Waals surface area contributed by atoms with Gasteiger partial charge in [0.2, 0.25) is 0 Å². The van der Waals surface area contributed by atoms with Crippen molar-refractivity contribution < 1.29 is 4.74 Å².